The van der Waals surface area contributed by atoms with Crippen LogP contribution in [0.3, 0.4) is 0 Å². The van der Waals surface area contributed by atoms with Crippen molar-refractivity contribution in [2.45, 2.75) is 0 Å². The molecule has 0 aromatic heterocycles. The first-order valence-electron chi connectivity index (χ1n) is 2.91. The number of aliphatic hydroxyl groups excluding tert-OH is 1. The Balaban J connectivity index is 3.38. The lowest BCUT2D eigenvalue weighted by Crippen LogP contribution is -2.25. The molecule has 4 heteroatoms. The first-order valence-corrected chi connectivity index (χ1v) is 2.91. The fraction of sp³-hybridized carbons (Fsp3) is 0.500. The molecule has 0 spiro atoms. The maximum atomic E-state index is 10.1. The monoisotopic (exact) mass is 145 g/mol. The van der Waals surface area contributed by atoms with E-state index in [2.05, 4.69) is 6.58 Å². The van der Waals surface area contributed by atoms with E-state index in [0.29, 0.717) is 6.41 Å². The number of hydroxylamine groups is 2. The molecule has 0 aliphatic heterocycles. The molecular weight excluding hydrogens is 134 g/mol. The van der Waals surface area contributed by atoms with Gasteiger partial charge < -0.3 is 5.11 Å². The molecule has 0 bridgehead atoms. The van der Waals surface area contributed by atoms with Gasteiger partial charge in [-0.2, -0.15) is 0 Å². The summed E-state index contributed by atoms with van der Waals surface area (Å²) in [5.41, 5.74) is 0. The van der Waals surface area contributed by atoms with Gasteiger partial charge in [-0.15, -0.1) is 6.58 Å². The van der Waals surface area contributed by atoms with Crippen molar-refractivity contribution in [3.63, 3.8) is 0 Å². The van der Waals surface area contributed by atoms with E-state index in [0.717, 1.165) is 5.06 Å². The van der Waals surface area contributed by atoms with Crippen LogP contribution in [0.4, 0.5) is 0 Å². The maximum absolute atomic E-state index is 10.1. The molecule has 4 nitrogen and oxygen atoms in total. The topological polar surface area (TPSA) is 49.8 Å². The van der Waals surface area contributed by atoms with Crippen molar-refractivity contribution in [1.29, 1.82) is 0 Å². The molecule has 10 heavy (non-hydrogen) atoms. The molecule has 1 amide bonds. The van der Waals surface area contributed by atoms with Crippen LogP contribution in [0.5, 0.6) is 0 Å². The largest absolute Gasteiger partial charge is 0.394 e. The number of hydrogen-bond donors (Lipinski definition) is 1. The van der Waals surface area contributed by atoms with Gasteiger partial charge >= 0.3 is 0 Å². The number of amides is 1. The molecule has 0 aromatic rings. The van der Waals surface area contributed by atoms with Crippen LogP contribution in [-0.4, -0.2) is 36.3 Å². The fourth-order valence-corrected chi connectivity index (χ4v) is 0.395. The van der Waals surface area contributed by atoms with Gasteiger partial charge in [0.05, 0.1) is 19.8 Å². The molecule has 0 aliphatic carbocycles. The Labute approximate surface area is 59.7 Å². The third-order valence-corrected chi connectivity index (χ3v) is 0.796. The molecule has 0 heterocycles. The lowest BCUT2D eigenvalue weighted by Gasteiger charge is -2.13. The van der Waals surface area contributed by atoms with Gasteiger partial charge in [-0.3, -0.25) is 9.63 Å². The predicted octanol–water partition coefficient (Wildman–Crippen LogP) is -0.445. The van der Waals surface area contributed by atoms with Crippen molar-refractivity contribution in [2.75, 3.05) is 19.8 Å². The van der Waals surface area contributed by atoms with Gasteiger partial charge in [-0.1, -0.05) is 6.08 Å². The summed E-state index contributed by atoms with van der Waals surface area (Å²) in [5, 5.41) is 9.38. The lowest BCUT2D eigenvalue weighted by atomic mass is 10.7. The molecule has 0 rings (SSSR count). The highest BCUT2D eigenvalue weighted by Crippen LogP contribution is 1.83. The van der Waals surface area contributed by atoms with Crippen molar-refractivity contribution in [1.82, 2.24) is 5.06 Å². The molecule has 0 unspecified atom stereocenters. The van der Waals surface area contributed by atoms with E-state index in [4.69, 9.17) is 9.94 Å². The van der Waals surface area contributed by atoms with Crippen LogP contribution in [0.25, 0.3) is 0 Å². The zero-order chi connectivity index (χ0) is 7.82. The standard InChI is InChI=1S/C6H11NO3/c1-2-5-10-7(6-9)3-4-8/h2,6,8H,1,3-5H2. The van der Waals surface area contributed by atoms with E-state index in [1.54, 1.807) is 0 Å². The minimum atomic E-state index is -0.101. The Morgan fingerprint density at radius 3 is 2.80 bits per heavy atom. The van der Waals surface area contributed by atoms with E-state index in [-0.39, 0.29) is 19.8 Å². The first kappa shape index (κ1) is 9.13. The van der Waals surface area contributed by atoms with Crippen molar-refractivity contribution < 1.29 is 14.7 Å². The Hall–Kier alpha value is -0.870. The second-order valence-corrected chi connectivity index (χ2v) is 1.55. The lowest BCUT2D eigenvalue weighted by molar-refractivity contribution is -0.169. The molecular formula is C6H11NO3. The highest BCUT2D eigenvalue weighted by atomic mass is 16.7. The van der Waals surface area contributed by atoms with Gasteiger partial charge in [-0.25, -0.2) is 5.06 Å². The van der Waals surface area contributed by atoms with Crippen molar-refractivity contribution in [3.05, 3.63) is 12.7 Å². The maximum Gasteiger partial charge on any atom is 0.233 e. The third kappa shape index (κ3) is 4.05. The Morgan fingerprint density at radius 1 is 1.70 bits per heavy atom. The number of nitrogens with zero attached hydrogens (tertiary/aromatic N) is 1. The molecule has 1 N–H and O–H groups in total. The quantitative estimate of drug-likeness (QED) is 0.313. The molecule has 0 fully saturated rings. The molecule has 0 atom stereocenters. The van der Waals surface area contributed by atoms with E-state index in [1.165, 1.54) is 6.08 Å². The van der Waals surface area contributed by atoms with Crippen LogP contribution in [-0.2, 0) is 9.63 Å². The van der Waals surface area contributed by atoms with Crippen molar-refractivity contribution in [3.8, 4) is 0 Å². The summed E-state index contributed by atoms with van der Waals surface area (Å²) in [5.74, 6) is 0. The van der Waals surface area contributed by atoms with E-state index < -0.39 is 0 Å². The predicted molar refractivity (Wildman–Crippen MR) is 36.0 cm³/mol. The SMILES string of the molecule is C=CCON(C=O)CCO. The summed E-state index contributed by atoms with van der Waals surface area (Å²) in [7, 11) is 0. The van der Waals surface area contributed by atoms with Gasteiger partial charge in [0.15, 0.2) is 0 Å². The van der Waals surface area contributed by atoms with Crippen LogP contribution >= 0.6 is 0 Å². The molecule has 0 aromatic carbocycles. The third-order valence-electron chi connectivity index (χ3n) is 0.796. The zero-order valence-corrected chi connectivity index (χ0v) is 5.69. The normalized spacial score (nSPS) is 8.90. The zero-order valence-electron chi connectivity index (χ0n) is 5.69. The van der Waals surface area contributed by atoms with E-state index in [9.17, 15) is 4.79 Å². The summed E-state index contributed by atoms with van der Waals surface area (Å²) in [6.07, 6.45) is 2.04. The summed E-state index contributed by atoms with van der Waals surface area (Å²) >= 11 is 0. The first-order chi connectivity index (χ1) is 4.85. The fourth-order valence-electron chi connectivity index (χ4n) is 0.395. The van der Waals surface area contributed by atoms with Gasteiger partial charge in [0.2, 0.25) is 6.41 Å². The Bertz CT molecular complexity index is 105. The van der Waals surface area contributed by atoms with Crippen molar-refractivity contribution in [2.24, 2.45) is 0 Å². The highest BCUT2D eigenvalue weighted by Gasteiger charge is 1.96. The second-order valence-electron chi connectivity index (χ2n) is 1.55. The minimum absolute atomic E-state index is 0.101. The number of carbonyl (C=O) groups excluding carboxylic acids is 1. The van der Waals surface area contributed by atoms with Crippen LogP contribution in [0.15, 0.2) is 12.7 Å². The number of carbonyl (C=O) groups is 1. The summed E-state index contributed by atoms with van der Waals surface area (Å²) < 4.78 is 0. The average molecular weight is 145 g/mol. The van der Waals surface area contributed by atoms with Gasteiger partial charge in [0.1, 0.15) is 0 Å². The molecule has 0 radical (unpaired) electrons. The highest BCUT2D eigenvalue weighted by molar-refractivity contribution is 5.44. The molecule has 0 saturated heterocycles. The van der Waals surface area contributed by atoms with Gasteiger partial charge in [0, 0.05) is 0 Å². The summed E-state index contributed by atoms with van der Waals surface area (Å²) in [4.78, 5) is 14.8. The molecule has 0 saturated carbocycles. The van der Waals surface area contributed by atoms with Crippen LogP contribution in [0, 0.1) is 0 Å². The van der Waals surface area contributed by atoms with Crippen LogP contribution in [0.2, 0.25) is 0 Å². The summed E-state index contributed by atoms with van der Waals surface area (Å²) in [6, 6.07) is 0. The number of hydrogen-bond acceptors (Lipinski definition) is 3. The van der Waals surface area contributed by atoms with Crippen LogP contribution in [0.1, 0.15) is 0 Å². The Kier molecular flexibility index (Phi) is 5.71. The second kappa shape index (κ2) is 6.25. The average Bonchev–Trinajstić information content (AvgIpc) is 1.98. The van der Waals surface area contributed by atoms with Gasteiger partial charge in [0.25, 0.3) is 0 Å². The smallest absolute Gasteiger partial charge is 0.233 e. The van der Waals surface area contributed by atoms with Gasteiger partial charge in [-0.05, 0) is 0 Å². The molecule has 58 valence electrons. The number of aliphatic hydroxyl groups is 1. The summed E-state index contributed by atoms with van der Waals surface area (Å²) in [6.45, 7) is 3.76. The number of rotatable bonds is 6. The molecule has 0 aliphatic rings. The van der Waals surface area contributed by atoms with Crippen LogP contribution < -0.4 is 0 Å². The minimum Gasteiger partial charge on any atom is -0.394 e. The van der Waals surface area contributed by atoms with E-state index >= 15 is 0 Å². The van der Waals surface area contributed by atoms with E-state index in [1.807, 2.05) is 0 Å². The Morgan fingerprint density at radius 2 is 2.40 bits per heavy atom. The van der Waals surface area contributed by atoms with Crippen molar-refractivity contribution >= 4 is 6.41 Å².